The SMILES string of the molecule is Cc1c(-c2ccccc2)c2c(n1C)-c1ccccc1OC2. The Morgan fingerprint density at radius 3 is 2.48 bits per heavy atom. The number of aromatic nitrogens is 1. The third kappa shape index (κ3) is 1.72. The van der Waals surface area contributed by atoms with Gasteiger partial charge in [0.2, 0.25) is 0 Å². The summed E-state index contributed by atoms with van der Waals surface area (Å²) in [5.74, 6) is 0.977. The predicted molar refractivity (Wildman–Crippen MR) is 85.4 cm³/mol. The summed E-state index contributed by atoms with van der Waals surface area (Å²) >= 11 is 0. The van der Waals surface area contributed by atoms with Gasteiger partial charge in [-0.25, -0.2) is 0 Å². The third-order valence-electron chi connectivity index (χ3n) is 4.36. The largest absolute Gasteiger partial charge is 0.488 e. The molecule has 1 aliphatic heterocycles. The van der Waals surface area contributed by atoms with Gasteiger partial charge >= 0.3 is 0 Å². The second-order valence-corrected chi connectivity index (χ2v) is 5.50. The molecule has 0 aliphatic carbocycles. The lowest BCUT2D eigenvalue weighted by Crippen LogP contribution is -2.06. The van der Waals surface area contributed by atoms with E-state index in [1.165, 1.54) is 33.6 Å². The van der Waals surface area contributed by atoms with Gasteiger partial charge in [-0.3, -0.25) is 0 Å². The second kappa shape index (κ2) is 4.52. The molecule has 2 nitrogen and oxygen atoms in total. The number of rotatable bonds is 1. The van der Waals surface area contributed by atoms with E-state index in [4.69, 9.17) is 4.74 Å². The van der Waals surface area contributed by atoms with Gasteiger partial charge in [-0.05, 0) is 24.6 Å². The van der Waals surface area contributed by atoms with Crippen LogP contribution in [-0.2, 0) is 13.7 Å². The van der Waals surface area contributed by atoms with Crippen molar-refractivity contribution in [3.05, 3.63) is 65.9 Å². The lowest BCUT2D eigenvalue weighted by molar-refractivity contribution is 0.302. The van der Waals surface area contributed by atoms with Gasteiger partial charge in [0.05, 0.1) is 5.69 Å². The minimum Gasteiger partial charge on any atom is -0.488 e. The van der Waals surface area contributed by atoms with Gasteiger partial charge in [0, 0.05) is 29.4 Å². The molecule has 4 rings (SSSR count). The summed E-state index contributed by atoms with van der Waals surface area (Å²) in [6, 6.07) is 18.9. The first kappa shape index (κ1) is 12.3. The molecule has 104 valence electrons. The zero-order valence-corrected chi connectivity index (χ0v) is 12.3. The van der Waals surface area contributed by atoms with E-state index < -0.39 is 0 Å². The van der Waals surface area contributed by atoms with Crippen LogP contribution in [0, 0.1) is 6.92 Å². The fourth-order valence-corrected chi connectivity index (χ4v) is 3.28. The molecule has 0 unspecified atom stereocenters. The standard InChI is InChI=1S/C19H17NO/c1-13-18(14-8-4-3-5-9-14)16-12-21-17-11-7-6-10-15(17)19(16)20(13)2/h3-11H,12H2,1-2H3. The molecule has 0 N–H and O–H groups in total. The highest BCUT2D eigenvalue weighted by molar-refractivity contribution is 5.83. The van der Waals surface area contributed by atoms with Crippen LogP contribution in [-0.4, -0.2) is 4.57 Å². The second-order valence-electron chi connectivity index (χ2n) is 5.50. The maximum atomic E-state index is 5.97. The van der Waals surface area contributed by atoms with Crippen LogP contribution in [0.4, 0.5) is 0 Å². The summed E-state index contributed by atoms with van der Waals surface area (Å²) < 4.78 is 8.26. The molecule has 1 aliphatic rings. The Hall–Kier alpha value is -2.48. The van der Waals surface area contributed by atoms with E-state index >= 15 is 0 Å². The summed E-state index contributed by atoms with van der Waals surface area (Å²) in [5.41, 5.74) is 7.61. The molecule has 1 aromatic heterocycles. The molecule has 0 spiro atoms. The van der Waals surface area contributed by atoms with Gasteiger partial charge in [0.15, 0.2) is 0 Å². The Morgan fingerprint density at radius 2 is 1.67 bits per heavy atom. The van der Waals surface area contributed by atoms with Crippen LogP contribution in [0.1, 0.15) is 11.3 Å². The van der Waals surface area contributed by atoms with Gasteiger partial charge in [0.25, 0.3) is 0 Å². The van der Waals surface area contributed by atoms with E-state index in [2.05, 4.69) is 61.0 Å². The molecule has 0 radical (unpaired) electrons. The lowest BCUT2D eigenvalue weighted by Gasteiger charge is -2.20. The number of fused-ring (bicyclic) bond motifs is 3. The normalized spacial score (nSPS) is 12.5. The highest BCUT2D eigenvalue weighted by Crippen LogP contribution is 2.44. The molecule has 2 heteroatoms. The number of hydrogen-bond acceptors (Lipinski definition) is 1. The van der Waals surface area contributed by atoms with Crippen molar-refractivity contribution in [2.75, 3.05) is 0 Å². The van der Waals surface area contributed by atoms with Crippen LogP contribution in [0.3, 0.4) is 0 Å². The topological polar surface area (TPSA) is 14.2 Å². The van der Waals surface area contributed by atoms with E-state index in [1.807, 2.05) is 12.1 Å². The number of hydrogen-bond donors (Lipinski definition) is 0. The zero-order chi connectivity index (χ0) is 14.4. The molecule has 3 aromatic rings. The quantitative estimate of drug-likeness (QED) is 0.635. The van der Waals surface area contributed by atoms with Crippen LogP contribution in [0.15, 0.2) is 54.6 Å². The van der Waals surface area contributed by atoms with Crippen molar-refractivity contribution in [1.29, 1.82) is 0 Å². The Bertz CT molecular complexity index is 796. The fourth-order valence-electron chi connectivity index (χ4n) is 3.28. The highest BCUT2D eigenvalue weighted by atomic mass is 16.5. The molecule has 0 bridgehead atoms. The molecule has 2 heterocycles. The molecular formula is C19H17NO. The third-order valence-corrected chi connectivity index (χ3v) is 4.36. The monoisotopic (exact) mass is 275 g/mol. The van der Waals surface area contributed by atoms with Crippen molar-refractivity contribution >= 4 is 0 Å². The molecule has 0 amide bonds. The van der Waals surface area contributed by atoms with E-state index in [1.54, 1.807) is 0 Å². The molecule has 0 atom stereocenters. The van der Waals surface area contributed by atoms with E-state index in [9.17, 15) is 0 Å². The lowest BCUT2D eigenvalue weighted by atomic mass is 9.97. The van der Waals surface area contributed by atoms with Gasteiger partial charge < -0.3 is 9.30 Å². The van der Waals surface area contributed by atoms with Gasteiger partial charge in [-0.15, -0.1) is 0 Å². The fraction of sp³-hybridized carbons (Fsp3) is 0.158. The first-order valence-electron chi connectivity index (χ1n) is 7.23. The van der Waals surface area contributed by atoms with Crippen molar-refractivity contribution in [1.82, 2.24) is 4.57 Å². The van der Waals surface area contributed by atoms with Crippen molar-refractivity contribution < 1.29 is 4.74 Å². The Balaban J connectivity index is 2.03. The van der Waals surface area contributed by atoms with Crippen LogP contribution in [0.2, 0.25) is 0 Å². The van der Waals surface area contributed by atoms with Gasteiger partial charge in [-0.2, -0.15) is 0 Å². The summed E-state index contributed by atoms with van der Waals surface area (Å²) in [5, 5.41) is 0. The molecular weight excluding hydrogens is 258 g/mol. The molecule has 0 fully saturated rings. The summed E-state index contributed by atoms with van der Waals surface area (Å²) in [7, 11) is 2.14. The number of nitrogens with zero attached hydrogens (tertiary/aromatic N) is 1. The van der Waals surface area contributed by atoms with Crippen LogP contribution >= 0.6 is 0 Å². The van der Waals surface area contributed by atoms with Crippen molar-refractivity contribution in [2.24, 2.45) is 7.05 Å². The maximum absolute atomic E-state index is 5.97. The molecule has 2 aromatic carbocycles. The average molecular weight is 275 g/mol. The van der Waals surface area contributed by atoms with Crippen LogP contribution in [0.5, 0.6) is 5.75 Å². The first-order valence-corrected chi connectivity index (χ1v) is 7.23. The number of benzene rings is 2. The molecule has 0 saturated carbocycles. The number of ether oxygens (including phenoxy) is 1. The summed E-state index contributed by atoms with van der Waals surface area (Å²) in [6.45, 7) is 2.82. The Labute approximate surface area is 124 Å². The van der Waals surface area contributed by atoms with Crippen LogP contribution in [0.25, 0.3) is 22.4 Å². The van der Waals surface area contributed by atoms with Gasteiger partial charge in [-0.1, -0.05) is 42.5 Å². The first-order chi connectivity index (χ1) is 10.3. The molecule has 21 heavy (non-hydrogen) atoms. The summed E-state index contributed by atoms with van der Waals surface area (Å²) in [4.78, 5) is 0. The van der Waals surface area contributed by atoms with Crippen molar-refractivity contribution in [3.63, 3.8) is 0 Å². The number of para-hydroxylation sites is 1. The smallest absolute Gasteiger partial charge is 0.129 e. The highest BCUT2D eigenvalue weighted by Gasteiger charge is 2.26. The van der Waals surface area contributed by atoms with E-state index in [0.29, 0.717) is 6.61 Å². The van der Waals surface area contributed by atoms with E-state index in [0.717, 1.165) is 5.75 Å². The minimum absolute atomic E-state index is 0.637. The molecule has 0 saturated heterocycles. The Morgan fingerprint density at radius 1 is 0.952 bits per heavy atom. The Kier molecular flexibility index (Phi) is 2.64. The maximum Gasteiger partial charge on any atom is 0.129 e. The predicted octanol–water partition coefficient (Wildman–Crippen LogP) is 4.56. The van der Waals surface area contributed by atoms with Crippen molar-refractivity contribution in [3.8, 4) is 28.1 Å². The van der Waals surface area contributed by atoms with Crippen LogP contribution < -0.4 is 4.74 Å². The average Bonchev–Trinajstić information content (AvgIpc) is 2.80. The van der Waals surface area contributed by atoms with Gasteiger partial charge in [0.1, 0.15) is 12.4 Å². The summed E-state index contributed by atoms with van der Waals surface area (Å²) in [6.07, 6.45) is 0. The zero-order valence-electron chi connectivity index (χ0n) is 12.3. The minimum atomic E-state index is 0.637. The van der Waals surface area contributed by atoms with E-state index in [-0.39, 0.29) is 0 Å². The van der Waals surface area contributed by atoms with Crippen molar-refractivity contribution in [2.45, 2.75) is 13.5 Å².